The minimum absolute atomic E-state index is 0.0984. The highest BCUT2D eigenvalue weighted by atomic mass is 32.1. The molecule has 1 saturated carbocycles. The lowest BCUT2D eigenvalue weighted by Crippen LogP contribution is -2.50. The second-order valence-corrected chi connectivity index (χ2v) is 7.51. The van der Waals surface area contributed by atoms with Crippen molar-refractivity contribution in [1.29, 1.82) is 0 Å². The molecular formula is C17H22N2S. The first-order valence-corrected chi connectivity index (χ1v) is 8.17. The van der Waals surface area contributed by atoms with E-state index in [1.54, 1.807) is 11.3 Å². The smallest absolute Gasteiger partial charge is 0.0951 e. The van der Waals surface area contributed by atoms with E-state index < -0.39 is 0 Å². The Balaban J connectivity index is 1.82. The fourth-order valence-corrected chi connectivity index (χ4v) is 4.09. The quantitative estimate of drug-likeness (QED) is 0.915. The van der Waals surface area contributed by atoms with Gasteiger partial charge in [0.1, 0.15) is 0 Å². The zero-order chi connectivity index (χ0) is 14.2. The van der Waals surface area contributed by atoms with E-state index in [1.807, 2.05) is 6.07 Å². The number of hydrogen-bond acceptors (Lipinski definition) is 3. The summed E-state index contributed by atoms with van der Waals surface area (Å²) in [5, 5.41) is 3.32. The van der Waals surface area contributed by atoms with Crippen molar-refractivity contribution in [1.82, 2.24) is 4.98 Å². The molecule has 1 fully saturated rings. The van der Waals surface area contributed by atoms with Crippen LogP contribution in [0.25, 0.3) is 11.3 Å². The molecule has 20 heavy (non-hydrogen) atoms. The SMILES string of the molecule is CC1(C)CCCC1(N)Cc1nc(-c2ccccc2)cs1. The second-order valence-electron chi connectivity index (χ2n) is 6.56. The number of nitrogens with two attached hydrogens (primary N) is 1. The molecule has 1 atom stereocenters. The van der Waals surface area contributed by atoms with E-state index in [4.69, 9.17) is 10.7 Å². The first-order valence-electron chi connectivity index (χ1n) is 7.29. The number of hydrogen-bond donors (Lipinski definition) is 1. The highest BCUT2D eigenvalue weighted by molar-refractivity contribution is 7.10. The maximum Gasteiger partial charge on any atom is 0.0951 e. The maximum absolute atomic E-state index is 6.68. The molecular weight excluding hydrogens is 264 g/mol. The molecule has 0 saturated heterocycles. The van der Waals surface area contributed by atoms with E-state index in [9.17, 15) is 0 Å². The molecule has 0 spiro atoms. The van der Waals surface area contributed by atoms with Gasteiger partial charge in [-0.25, -0.2) is 4.98 Å². The van der Waals surface area contributed by atoms with Crippen LogP contribution in [0.1, 0.15) is 38.1 Å². The Hall–Kier alpha value is -1.19. The Bertz CT molecular complexity index is 588. The van der Waals surface area contributed by atoms with Crippen molar-refractivity contribution in [3.63, 3.8) is 0 Å². The van der Waals surface area contributed by atoms with Crippen molar-refractivity contribution in [3.05, 3.63) is 40.7 Å². The van der Waals surface area contributed by atoms with Gasteiger partial charge in [0.25, 0.3) is 0 Å². The van der Waals surface area contributed by atoms with Gasteiger partial charge in [-0.2, -0.15) is 0 Å². The van der Waals surface area contributed by atoms with Crippen molar-refractivity contribution >= 4 is 11.3 Å². The van der Waals surface area contributed by atoms with Crippen molar-refractivity contribution in [2.45, 2.75) is 45.1 Å². The highest BCUT2D eigenvalue weighted by Gasteiger charge is 2.46. The van der Waals surface area contributed by atoms with E-state index in [0.717, 1.165) is 18.5 Å². The Morgan fingerprint density at radius 3 is 2.60 bits per heavy atom. The molecule has 1 aliphatic rings. The van der Waals surface area contributed by atoms with Crippen molar-refractivity contribution in [3.8, 4) is 11.3 Å². The monoisotopic (exact) mass is 286 g/mol. The van der Waals surface area contributed by atoms with Gasteiger partial charge >= 0.3 is 0 Å². The molecule has 3 heteroatoms. The molecule has 106 valence electrons. The summed E-state index contributed by atoms with van der Waals surface area (Å²) in [6, 6.07) is 10.4. The van der Waals surface area contributed by atoms with Gasteiger partial charge in [0.15, 0.2) is 0 Å². The molecule has 1 unspecified atom stereocenters. The van der Waals surface area contributed by atoms with Crippen LogP contribution >= 0.6 is 11.3 Å². The predicted molar refractivity (Wildman–Crippen MR) is 85.8 cm³/mol. The normalized spacial score (nSPS) is 24.9. The van der Waals surface area contributed by atoms with Gasteiger partial charge in [-0.3, -0.25) is 0 Å². The Labute approximate surface area is 125 Å². The molecule has 2 aromatic rings. The number of thiazole rings is 1. The lowest BCUT2D eigenvalue weighted by molar-refractivity contribution is 0.207. The molecule has 0 radical (unpaired) electrons. The third-order valence-electron chi connectivity index (χ3n) is 4.86. The molecule has 0 bridgehead atoms. The predicted octanol–water partition coefficient (Wildman–Crippen LogP) is 4.26. The van der Waals surface area contributed by atoms with E-state index in [1.165, 1.54) is 23.4 Å². The van der Waals surface area contributed by atoms with E-state index in [2.05, 4.69) is 43.5 Å². The molecule has 3 rings (SSSR count). The number of aromatic nitrogens is 1. The molecule has 1 heterocycles. The summed E-state index contributed by atoms with van der Waals surface area (Å²) in [5.41, 5.74) is 9.06. The van der Waals surface area contributed by atoms with Crippen LogP contribution in [0.2, 0.25) is 0 Å². The summed E-state index contributed by atoms with van der Waals surface area (Å²) in [7, 11) is 0. The largest absolute Gasteiger partial charge is 0.324 e. The molecule has 1 aromatic carbocycles. The van der Waals surface area contributed by atoms with Crippen LogP contribution in [0, 0.1) is 5.41 Å². The molecule has 0 amide bonds. The third kappa shape index (κ3) is 2.40. The Kier molecular flexibility index (Phi) is 3.43. The summed E-state index contributed by atoms with van der Waals surface area (Å²) in [5.74, 6) is 0. The Morgan fingerprint density at radius 1 is 1.20 bits per heavy atom. The standard InChI is InChI=1S/C17H22N2S/c1-16(2)9-6-10-17(16,18)11-15-19-14(12-20-15)13-7-4-3-5-8-13/h3-5,7-8,12H,6,9-11,18H2,1-2H3. The van der Waals surface area contributed by atoms with Gasteiger partial charge in [-0.15, -0.1) is 11.3 Å². The summed E-state index contributed by atoms with van der Waals surface area (Å²) in [6.45, 7) is 4.59. The van der Waals surface area contributed by atoms with Gasteiger partial charge in [-0.05, 0) is 18.3 Å². The second kappa shape index (κ2) is 4.97. The maximum atomic E-state index is 6.68. The van der Waals surface area contributed by atoms with Crippen molar-refractivity contribution in [2.75, 3.05) is 0 Å². The fourth-order valence-electron chi connectivity index (χ4n) is 3.16. The molecule has 2 N–H and O–H groups in total. The van der Waals surface area contributed by atoms with Gasteiger partial charge in [0, 0.05) is 22.9 Å². The molecule has 1 aromatic heterocycles. The number of nitrogens with zero attached hydrogens (tertiary/aromatic N) is 1. The summed E-state index contributed by atoms with van der Waals surface area (Å²) >= 11 is 1.74. The highest BCUT2D eigenvalue weighted by Crippen LogP contribution is 2.46. The van der Waals surface area contributed by atoms with E-state index in [0.29, 0.717) is 0 Å². The summed E-state index contributed by atoms with van der Waals surface area (Å²) in [6.07, 6.45) is 4.47. The van der Waals surface area contributed by atoms with Gasteiger partial charge in [-0.1, -0.05) is 50.6 Å². The van der Waals surface area contributed by atoms with Crippen molar-refractivity contribution in [2.24, 2.45) is 11.1 Å². The van der Waals surface area contributed by atoms with Crippen LogP contribution in [-0.2, 0) is 6.42 Å². The molecule has 1 aliphatic carbocycles. The lowest BCUT2D eigenvalue weighted by atomic mass is 9.74. The Morgan fingerprint density at radius 2 is 1.95 bits per heavy atom. The summed E-state index contributed by atoms with van der Waals surface area (Å²) < 4.78 is 0. The zero-order valence-electron chi connectivity index (χ0n) is 12.2. The first kappa shape index (κ1) is 13.8. The molecule has 2 nitrogen and oxygen atoms in total. The van der Waals surface area contributed by atoms with Crippen LogP contribution in [0.5, 0.6) is 0 Å². The van der Waals surface area contributed by atoms with E-state index >= 15 is 0 Å². The van der Waals surface area contributed by atoms with Crippen molar-refractivity contribution < 1.29 is 0 Å². The summed E-state index contributed by atoms with van der Waals surface area (Å²) in [4.78, 5) is 4.79. The third-order valence-corrected chi connectivity index (χ3v) is 5.71. The first-order chi connectivity index (χ1) is 9.50. The van der Waals surface area contributed by atoms with E-state index in [-0.39, 0.29) is 11.0 Å². The topological polar surface area (TPSA) is 38.9 Å². The van der Waals surface area contributed by atoms with Gasteiger partial charge < -0.3 is 5.73 Å². The van der Waals surface area contributed by atoms with Crippen LogP contribution in [0.3, 0.4) is 0 Å². The van der Waals surface area contributed by atoms with Crippen LogP contribution in [0.15, 0.2) is 35.7 Å². The minimum atomic E-state index is -0.0984. The average Bonchev–Trinajstić information content (AvgIpc) is 2.97. The van der Waals surface area contributed by atoms with Crippen LogP contribution in [-0.4, -0.2) is 10.5 Å². The average molecular weight is 286 g/mol. The lowest BCUT2D eigenvalue weighted by Gasteiger charge is -2.37. The molecule has 0 aliphatic heterocycles. The van der Waals surface area contributed by atoms with Crippen LogP contribution in [0.4, 0.5) is 0 Å². The van der Waals surface area contributed by atoms with Crippen LogP contribution < -0.4 is 5.73 Å². The number of rotatable bonds is 3. The zero-order valence-corrected chi connectivity index (χ0v) is 13.0. The minimum Gasteiger partial charge on any atom is -0.324 e. The fraction of sp³-hybridized carbons (Fsp3) is 0.471. The number of benzene rings is 1. The van der Waals surface area contributed by atoms with Gasteiger partial charge in [0.05, 0.1) is 10.7 Å². The van der Waals surface area contributed by atoms with Gasteiger partial charge in [0.2, 0.25) is 0 Å².